The number of unbranched alkanes of at least 4 members (excludes halogenated alkanes) is 1. The Morgan fingerprint density at radius 3 is 2.70 bits per heavy atom. The number of hydrogen-bond acceptors (Lipinski definition) is 4. The van der Waals surface area contributed by atoms with Crippen molar-refractivity contribution in [2.24, 2.45) is 5.73 Å². The van der Waals surface area contributed by atoms with Crippen LogP contribution >= 0.6 is 0 Å². The highest BCUT2D eigenvalue weighted by atomic mass is 16.5. The zero-order chi connectivity index (χ0) is 15.0. The van der Waals surface area contributed by atoms with E-state index in [1.54, 1.807) is 24.3 Å². The molecule has 0 spiro atoms. The second-order valence-electron chi connectivity index (χ2n) is 4.50. The number of nitrogens with zero attached hydrogens (tertiary/aromatic N) is 1. The van der Waals surface area contributed by atoms with Crippen molar-refractivity contribution < 1.29 is 14.3 Å². The zero-order valence-electron chi connectivity index (χ0n) is 11.7. The monoisotopic (exact) mass is 279 g/mol. The van der Waals surface area contributed by atoms with Crippen LogP contribution in [0.5, 0.6) is 5.75 Å². The lowest BCUT2D eigenvalue weighted by Crippen LogP contribution is -2.41. The Bertz CT molecular complexity index is 463. The summed E-state index contributed by atoms with van der Waals surface area (Å²) in [5.74, 6) is -0.272. The smallest absolute Gasteiger partial charge is 0.260 e. The van der Waals surface area contributed by atoms with Crippen LogP contribution < -0.4 is 16.2 Å². The molecule has 1 rings (SSSR count). The van der Waals surface area contributed by atoms with Crippen LogP contribution in [0.1, 0.15) is 19.8 Å². The van der Waals surface area contributed by atoms with Gasteiger partial charge in [-0.15, -0.1) is 0 Å². The predicted molar refractivity (Wildman–Crippen MR) is 77.0 cm³/mol. The average Bonchev–Trinajstić information content (AvgIpc) is 2.40. The van der Waals surface area contributed by atoms with E-state index in [9.17, 15) is 9.59 Å². The number of benzene rings is 1. The molecule has 0 heterocycles. The molecule has 110 valence electrons. The number of carbonyl (C=O) groups excluding carboxylic acids is 2. The molecule has 20 heavy (non-hydrogen) atoms. The zero-order valence-corrected chi connectivity index (χ0v) is 11.7. The molecule has 0 radical (unpaired) electrons. The lowest BCUT2D eigenvalue weighted by atomic mass is 10.3. The molecule has 4 N–H and O–H groups in total. The number of hydrogen-bond donors (Lipinski definition) is 2. The highest BCUT2D eigenvalue weighted by Crippen LogP contribution is 2.14. The first-order valence-corrected chi connectivity index (χ1v) is 6.57. The number of nitrogens with two attached hydrogens (primary N) is 2. The number of anilines is 1. The van der Waals surface area contributed by atoms with Gasteiger partial charge in [-0.1, -0.05) is 19.4 Å². The van der Waals surface area contributed by atoms with E-state index in [-0.39, 0.29) is 19.1 Å². The molecule has 0 aliphatic heterocycles. The maximum Gasteiger partial charge on any atom is 0.260 e. The second kappa shape index (κ2) is 8.04. The van der Waals surface area contributed by atoms with Crippen molar-refractivity contribution in [2.75, 3.05) is 25.4 Å². The topological polar surface area (TPSA) is 98.6 Å². The number of nitrogen functional groups attached to an aromatic ring is 1. The molecule has 0 bridgehead atoms. The van der Waals surface area contributed by atoms with Crippen LogP contribution in [0.25, 0.3) is 0 Å². The normalized spacial score (nSPS) is 10.1. The van der Waals surface area contributed by atoms with Gasteiger partial charge in [0.2, 0.25) is 5.91 Å². The fraction of sp³-hybridized carbons (Fsp3) is 0.429. The maximum atomic E-state index is 12.0. The van der Waals surface area contributed by atoms with Gasteiger partial charge in [0.15, 0.2) is 6.61 Å². The van der Waals surface area contributed by atoms with Crippen LogP contribution in [0.15, 0.2) is 24.3 Å². The van der Waals surface area contributed by atoms with Gasteiger partial charge in [-0.2, -0.15) is 0 Å². The van der Waals surface area contributed by atoms with Crippen LogP contribution in [-0.2, 0) is 9.59 Å². The molecule has 0 aromatic heterocycles. The fourth-order valence-corrected chi connectivity index (χ4v) is 1.67. The van der Waals surface area contributed by atoms with Gasteiger partial charge in [0, 0.05) is 18.3 Å². The lowest BCUT2D eigenvalue weighted by Gasteiger charge is -2.21. The minimum Gasteiger partial charge on any atom is -0.484 e. The Balaban J connectivity index is 2.54. The van der Waals surface area contributed by atoms with Crippen LogP contribution in [-0.4, -0.2) is 36.4 Å². The summed E-state index contributed by atoms with van der Waals surface area (Å²) in [5, 5.41) is 0. The highest BCUT2D eigenvalue weighted by molar-refractivity contribution is 5.84. The van der Waals surface area contributed by atoms with E-state index in [1.807, 2.05) is 6.92 Å². The molecule has 1 aromatic carbocycles. The number of amides is 2. The van der Waals surface area contributed by atoms with Crippen molar-refractivity contribution in [1.29, 1.82) is 0 Å². The Labute approximate surface area is 118 Å². The summed E-state index contributed by atoms with van der Waals surface area (Å²) in [5.41, 5.74) is 11.3. The van der Waals surface area contributed by atoms with Crippen LogP contribution in [0.4, 0.5) is 5.69 Å². The number of primary amides is 1. The second-order valence-corrected chi connectivity index (χ2v) is 4.50. The minimum atomic E-state index is -0.529. The molecule has 2 amide bonds. The van der Waals surface area contributed by atoms with Crippen molar-refractivity contribution in [3.63, 3.8) is 0 Å². The van der Waals surface area contributed by atoms with Crippen molar-refractivity contribution >= 4 is 17.5 Å². The quantitative estimate of drug-likeness (QED) is 0.686. The Morgan fingerprint density at radius 2 is 2.10 bits per heavy atom. The Hall–Kier alpha value is -2.24. The third-order valence-corrected chi connectivity index (χ3v) is 2.70. The van der Waals surface area contributed by atoms with E-state index in [2.05, 4.69) is 0 Å². The summed E-state index contributed by atoms with van der Waals surface area (Å²) in [7, 11) is 0. The molecule has 0 aliphatic carbocycles. The van der Waals surface area contributed by atoms with Crippen LogP contribution in [0.3, 0.4) is 0 Å². The van der Waals surface area contributed by atoms with E-state index in [0.29, 0.717) is 18.0 Å². The van der Waals surface area contributed by atoms with Crippen molar-refractivity contribution in [3.8, 4) is 5.75 Å². The van der Waals surface area contributed by atoms with Crippen LogP contribution in [0.2, 0.25) is 0 Å². The summed E-state index contributed by atoms with van der Waals surface area (Å²) in [4.78, 5) is 24.4. The molecule has 6 nitrogen and oxygen atoms in total. The van der Waals surface area contributed by atoms with Gasteiger partial charge in [-0.25, -0.2) is 0 Å². The van der Waals surface area contributed by atoms with E-state index in [4.69, 9.17) is 16.2 Å². The maximum absolute atomic E-state index is 12.0. The first kappa shape index (κ1) is 15.8. The molecule has 0 unspecified atom stereocenters. The van der Waals surface area contributed by atoms with Crippen molar-refractivity contribution in [3.05, 3.63) is 24.3 Å². The first-order valence-electron chi connectivity index (χ1n) is 6.57. The average molecular weight is 279 g/mol. The molecule has 6 heteroatoms. The third-order valence-electron chi connectivity index (χ3n) is 2.70. The van der Waals surface area contributed by atoms with Crippen molar-refractivity contribution in [2.45, 2.75) is 19.8 Å². The molecule has 0 saturated heterocycles. The summed E-state index contributed by atoms with van der Waals surface area (Å²) in [6.45, 7) is 2.29. The van der Waals surface area contributed by atoms with Crippen LogP contribution in [0, 0.1) is 0 Å². The molecular weight excluding hydrogens is 258 g/mol. The lowest BCUT2D eigenvalue weighted by molar-refractivity contribution is -0.137. The molecule has 0 fully saturated rings. The van der Waals surface area contributed by atoms with E-state index < -0.39 is 5.91 Å². The summed E-state index contributed by atoms with van der Waals surface area (Å²) < 4.78 is 5.37. The van der Waals surface area contributed by atoms with Gasteiger partial charge < -0.3 is 21.1 Å². The first-order chi connectivity index (χ1) is 9.52. The molecule has 1 aromatic rings. The van der Waals surface area contributed by atoms with Gasteiger partial charge in [-0.05, 0) is 18.6 Å². The fourth-order valence-electron chi connectivity index (χ4n) is 1.67. The highest BCUT2D eigenvalue weighted by Gasteiger charge is 2.15. The van der Waals surface area contributed by atoms with Gasteiger partial charge in [0.1, 0.15) is 5.75 Å². The van der Waals surface area contributed by atoms with Gasteiger partial charge in [-0.3, -0.25) is 9.59 Å². The summed E-state index contributed by atoms with van der Waals surface area (Å²) >= 11 is 0. The number of carbonyl (C=O) groups is 2. The van der Waals surface area contributed by atoms with E-state index >= 15 is 0 Å². The molecule has 0 atom stereocenters. The predicted octanol–water partition coefficient (Wildman–Crippen LogP) is 0.762. The summed E-state index contributed by atoms with van der Waals surface area (Å²) in [6, 6.07) is 6.83. The largest absolute Gasteiger partial charge is 0.484 e. The molecule has 0 saturated carbocycles. The van der Waals surface area contributed by atoms with E-state index in [1.165, 1.54) is 4.90 Å². The Kier molecular flexibility index (Phi) is 6.36. The number of rotatable bonds is 8. The Morgan fingerprint density at radius 1 is 1.35 bits per heavy atom. The molecular formula is C14H21N3O3. The van der Waals surface area contributed by atoms with Gasteiger partial charge in [0.25, 0.3) is 5.91 Å². The van der Waals surface area contributed by atoms with Crippen molar-refractivity contribution in [1.82, 2.24) is 4.90 Å². The van der Waals surface area contributed by atoms with E-state index in [0.717, 1.165) is 12.8 Å². The minimum absolute atomic E-state index is 0.0842. The third kappa shape index (κ3) is 5.60. The summed E-state index contributed by atoms with van der Waals surface area (Å²) in [6.07, 6.45) is 1.75. The van der Waals surface area contributed by atoms with Gasteiger partial charge >= 0.3 is 0 Å². The SMILES string of the molecule is CCCCN(CC(N)=O)C(=O)COc1cccc(N)c1. The molecule has 0 aliphatic rings. The number of ether oxygens (including phenoxy) is 1. The van der Waals surface area contributed by atoms with Gasteiger partial charge in [0.05, 0.1) is 6.54 Å². The standard InChI is InChI=1S/C14H21N3O3/c1-2-3-7-17(9-13(16)18)14(19)10-20-12-6-4-5-11(15)8-12/h4-6,8H,2-3,7,9-10,15H2,1H3,(H2,16,18).